The molecule has 3 aromatic heterocycles. The van der Waals surface area contributed by atoms with E-state index in [1.807, 2.05) is 55.1 Å². The van der Waals surface area contributed by atoms with Gasteiger partial charge in [-0.15, -0.1) is 0 Å². The Hall–Kier alpha value is -4.17. The first-order chi connectivity index (χ1) is 18.4. The monoisotopic (exact) mass is 517 g/mol. The summed E-state index contributed by atoms with van der Waals surface area (Å²) in [7, 11) is 3.95. The third kappa shape index (κ3) is 7.20. The van der Waals surface area contributed by atoms with Crippen LogP contribution in [0.15, 0.2) is 36.7 Å². The van der Waals surface area contributed by atoms with Crippen molar-refractivity contribution in [2.75, 3.05) is 57.5 Å². The van der Waals surface area contributed by atoms with Gasteiger partial charge in [0.05, 0.1) is 18.3 Å². The topological polar surface area (TPSA) is 135 Å². The molecule has 11 heteroatoms. The molecule has 4 rings (SSSR count). The number of aromatic nitrogens is 4. The molecule has 0 spiro atoms. The molecule has 200 valence electrons. The first kappa shape index (κ1) is 26.9. The second kappa shape index (κ2) is 12.9. The Morgan fingerprint density at radius 3 is 2.76 bits per heavy atom. The van der Waals surface area contributed by atoms with Gasteiger partial charge in [0.15, 0.2) is 5.82 Å². The molecule has 0 bridgehead atoms. The molecule has 1 fully saturated rings. The van der Waals surface area contributed by atoms with Crippen LogP contribution in [0.5, 0.6) is 5.75 Å². The molecular formula is C27H35N9O2. The zero-order valence-corrected chi connectivity index (χ0v) is 22.2. The minimum atomic E-state index is 0.165. The third-order valence-electron chi connectivity index (χ3n) is 6.48. The molecule has 11 nitrogen and oxygen atoms in total. The minimum Gasteiger partial charge on any atom is -0.490 e. The number of likely N-dealkylation sites (tertiary alicyclic amines) is 1. The highest BCUT2D eigenvalue weighted by molar-refractivity contribution is 5.76. The van der Waals surface area contributed by atoms with Crippen LogP contribution in [0.1, 0.15) is 42.0 Å². The Kier molecular flexibility index (Phi) is 9.11. The molecule has 1 aliphatic rings. The molecule has 4 heterocycles. The second-order valence-corrected chi connectivity index (χ2v) is 9.67. The summed E-state index contributed by atoms with van der Waals surface area (Å²) < 4.78 is 5.71. The summed E-state index contributed by atoms with van der Waals surface area (Å²) in [6.45, 7) is 4.90. The van der Waals surface area contributed by atoms with Crippen molar-refractivity contribution in [3.05, 3.63) is 53.5 Å². The summed E-state index contributed by atoms with van der Waals surface area (Å²) in [5.41, 5.74) is 2.35. The summed E-state index contributed by atoms with van der Waals surface area (Å²) in [5, 5.41) is 23.7. The molecule has 3 N–H and O–H groups in total. The maximum Gasteiger partial charge on any atom is 0.223 e. The Balaban J connectivity index is 1.48. The number of amides is 1. The van der Waals surface area contributed by atoms with Gasteiger partial charge in [-0.3, -0.25) is 14.9 Å². The Labute approximate surface area is 223 Å². The quantitative estimate of drug-likeness (QED) is 0.327. The van der Waals surface area contributed by atoms with Gasteiger partial charge in [0.1, 0.15) is 30.1 Å². The summed E-state index contributed by atoms with van der Waals surface area (Å²) in [5.74, 6) is 2.83. The van der Waals surface area contributed by atoms with Crippen molar-refractivity contribution in [3.63, 3.8) is 0 Å². The van der Waals surface area contributed by atoms with E-state index in [1.54, 1.807) is 12.4 Å². The van der Waals surface area contributed by atoms with E-state index in [-0.39, 0.29) is 11.8 Å². The normalized spacial score (nSPS) is 13.8. The Bertz CT molecular complexity index is 1250. The number of hydrogen-bond donors (Lipinski definition) is 3. The number of H-pyrrole nitrogens is 1. The van der Waals surface area contributed by atoms with Gasteiger partial charge in [-0.25, -0.2) is 4.98 Å². The van der Waals surface area contributed by atoms with Crippen molar-refractivity contribution in [1.29, 1.82) is 5.26 Å². The summed E-state index contributed by atoms with van der Waals surface area (Å²) in [6.07, 6.45) is 5.48. The molecule has 0 atom stereocenters. The minimum absolute atomic E-state index is 0.165. The van der Waals surface area contributed by atoms with Gasteiger partial charge in [-0.05, 0) is 63.5 Å². The number of carbonyl (C=O) groups excluding carboxylic acids is 1. The smallest absolute Gasteiger partial charge is 0.223 e. The van der Waals surface area contributed by atoms with Crippen LogP contribution in [0.2, 0.25) is 0 Å². The number of piperidine rings is 1. The van der Waals surface area contributed by atoms with E-state index < -0.39 is 0 Å². The number of rotatable bonds is 11. The largest absolute Gasteiger partial charge is 0.490 e. The van der Waals surface area contributed by atoms with Gasteiger partial charge in [0.2, 0.25) is 5.91 Å². The Morgan fingerprint density at radius 2 is 2.11 bits per heavy atom. The van der Waals surface area contributed by atoms with Crippen LogP contribution in [0.3, 0.4) is 0 Å². The lowest BCUT2D eigenvalue weighted by molar-refractivity contribution is -0.132. The third-order valence-corrected chi connectivity index (χ3v) is 6.48. The lowest BCUT2D eigenvalue weighted by Gasteiger charge is -2.33. The fourth-order valence-corrected chi connectivity index (χ4v) is 4.45. The van der Waals surface area contributed by atoms with Gasteiger partial charge in [0.25, 0.3) is 0 Å². The van der Waals surface area contributed by atoms with Gasteiger partial charge in [0, 0.05) is 44.0 Å². The average Bonchev–Trinajstić information content (AvgIpc) is 3.34. The van der Waals surface area contributed by atoms with Crippen molar-refractivity contribution in [2.24, 2.45) is 0 Å². The molecule has 38 heavy (non-hydrogen) atoms. The molecular weight excluding hydrogens is 482 g/mol. The lowest BCUT2D eigenvalue weighted by atomic mass is 9.88. The SMILES string of the molecule is Cc1cc(Nc2nc(NCCOc3cccnc3)c(C#N)cc2C2CCN(C(=O)CCN(C)C)CC2)n[nH]1. The van der Waals surface area contributed by atoms with Crippen molar-refractivity contribution in [2.45, 2.75) is 32.1 Å². The number of nitrogens with one attached hydrogen (secondary N) is 3. The molecule has 3 aromatic rings. The molecule has 0 aliphatic carbocycles. The van der Waals surface area contributed by atoms with E-state index in [0.29, 0.717) is 61.4 Å². The molecule has 1 aliphatic heterocycles. The van der Waals surface area contributed by atoms with Crippen LogP contribution < -0.4 is 15.4 Å². The molecule has 1 amide bonds. The average molecular weight is 518 g/mol. The second-order valence-electron chi connectivity index (χ2n) is 9.67. The number of hydrogen-bond acceptors (Lipinski definition) is 9. The van der Waals surface area contributed by atoms with Crippen LogP contribution in [0.25, 0.3) is 0 Å². The number of carbonyl (C=O) groups is 1. The summed E-state index contributed by atoms with van der Waals surface area (Å²) in [4.78, 5) is 25.4. The number of aromatic amines is 1. The number of pyridine rings is 2. The van der Waals surface area contributed by atoms with Gasteiger partial charge in [-0.1, -0.05) is 0 Å². The van der Waals surface area contributed by atoms with Crippen molar-refractivity contribution in [3.8, 4) is 11.8 Å². The zero-order valence-electron chi connectivity index (χ0n) is 22.2. The fraction of sp³-hybridized carbons (Fsp3) is 0.444. The van der Waals surface area contributed by atoms with Crippen molar-refractivity contribution >= 4 is 23.4 Å². The van der Waals surface area contributed by atoms with Crippen LogP contribution in [0.4, 0.5) is 17.5 Å². The Morgan fingerprint density at radius 1 is 1.29 bits per heavy atom. The van der Waals surface area contributed by atoms with E-state index in [9.17, 15) is 10.1 Å². The first-order valence-electron chi connectivity index (χ1n) is 12.9. The van der Waals surface area contributed by atoms with Gasteiger partial charge in [-0.2, -0.15) is 10.4 Å². The van der Waals surface area contributed by atoms with E-state index >= 15 is 0 Å². The van der Waals surface area contributed by atoms with Crippen molar-refractivity contribution < 1.29 is 9.53 Å². The van der Waals surface area contributed by atoms with E-state index in [4.69, 9.17) is 9.72 Å². The van der Waals surface area contributed by atoms with Crippen LogP contribution in [-0.4, -0.2) is 82.8 Å². The number of nitrogens with zero attached hydrogens (tertiary/aromatic N) is 6. The number of aryl methyl sites for hydroxylation is 1. The van der Waals surface area contributed by atoms with Gasteiger partial charge < -0.3 is 25.2 Å². The molecule has 0 saturated carbocycles. The van der Waals surface area contributed by atoms with Crippen molar-refractivity contribution in [1.82, 2.24) is 30.0 Å². The molecule has 0 unspecified atom stereocenters. The molecule has 0 radical (unpaired) electrons. The van der Waals surface area contributed by atoms with E-state index in [0.717, 1.165) is 30.6 Å². The highest BCUT2D eigenvalue weighted by atomic mass is 16.5. The van der Waals surface area contributed by atoms with Crippen LogP contribution in [-0.2, 0) is 4.79 Å². The lowest BCUT2D eigenvalue weighted by Crippen LogP contribution is -2.39. The number of ether oxygens (including phenoxy) is 1. The highest BCUT2D eigenvalue weighted by Gasteiger charge is 2.27. The zero-order chi connectivity index (χ0) is 26.9. The van der Waals surface area contributed by atoms with Crippen LogP contribution in [0, 0.1) is 18.3 Å². The maximum atomic E-state index is 12.6. The van der Waals surface area contributed by atoms with Crippen LogP contribution >= 0.6 is 0 Å². The predicted octanol–water partition coefficient (Wildman–Crippen LogP) is 3.27. The predicted molar refractivity (Wildman–Crippen MR) is 146 cm³/mol. The number of nitriles is 1. The van der Waals surface area contributed by atoms with E-state index in [1.165, 1.54) is 0 Å². The summed E-state index contributed by atoms with van der Waals surface area (Å²) in [6, 6.07) is 9.76. The maximum absolute atomic E-state index is 12.6. The first-order valence-corrected chi connectivity index (χ1v) is 12.9. The van der Waals surface area contributed by atoms with E-state index in [2.05, 4.69) is 31.9 Å². The molecule has 0 aromatic carbocycles. The standard InChI is InChI=1S/C27H35N9O2/c1-19-15-24(34-33-19)31-27-23(20-6-12-36(13-7-20)25(37)8-11-35(2)3)16-21(17-28)26(32-27)30-10-14-38-22-5-4-9-29-18-22/h4-5,9,15-16,18,20H,6-8,10-14H2,1-3H3,(H3,30,31,32,33,34). The molecule has 1 saturated heterocycles. The fourth-order valence-electron chi connectivity index (χ4n) is 4.45. The number of anilines is 3. The van der Waals surface area contributed by atoms with Gasteiger partial charge >= 0.3 is 0 Å². The highest BCUT2D eigenvalue weighted by Crippen LogP contribution is 2.35. The summed E-state index contributed by atoms with van der Waals surface area (Å²) >= 11 is 0.